The number of hydrogen-bond acceptors (Lipinski definition) is 2. The Hall–Kier alpha value is -1.36. The molecule has 1 radical (unpaired) electrons. The first-order valence-corrected chi connectivity index (χ1v) is 3.36. The van der Waals surface area contributed by atoms with Crippen molar-refractivity contribution in [2.75, 3.05) is 0 Å². The molecular formula is C9H9N2. The van der Waals surface area contributed by atoms with Gasteiger partial charge in [0.15, 0.2) is 0 Å². The van der Waals surface area contributed by atoms with E-state index < -0.39 is 0 Å². The van der Waals surface area contributed by atoms with Crippen molar-refractivity contribution < 1.29 is 0 Å². The number of hydrogen-bond donors (Lipinski definition) is 0. The van der Waals surface area contributed by atoms with Crippen LogP contribution < -0.4 is 0 Å². The maximum atomic E-state index is 4.17. The van der Waals surface area contributed by atoms with E-state index in [0.717, 1.165) is 11.5 Å². The van der Waals surface area contributed by atoms with Crippen LogP contribution in [0.3, 0.4) is 0 Å². The first-order valence-electron chi connectivity index (χ1n) is 3.36. The highest BCUT2D eigenvalue weighted by Crippen LogP contribution is 1.92. The standard InChI is InChI=1S/C9H9N2/c1-3-4-5-9-10-7-6-8(2)11-9/h6-7H,1,5H2,2H3. The van der Waals surface area contributed by atoms with Gasteiger partial charge in [-0.2, -0.15) is 0 Å². The molecule has 0 amide bonds. The first-order chi connectivity index (χ1) is 5.33. The SMILES string of the molecule is [CH2]C#CCc1nccc(C)n1. The maximum absolute atomic E-state index is 4.17. The summed E-state index contributed by atoms with van der Waals surface area (Å²) in [5.41, 5.74) is 0.973. The van der Waals surface area contributed by atoms with Gasteiger partial charge in [0, 0.05) is 18.8 Å². The normalized spacial score (nSPS) is 8.55. The minimum atomic E-state index is 0.588. The molecule has 0 spiro atoms. The topological polar surface area (TPSA) is 25.8 Å². The van der Waals surface area contributed by atoms with Gasteiger partial charge in [-0.25, -0.2) is 9.97 Å². The molecule has 11 heavy (non-hydrogen) atoms. The summed E-state index contributed by atoms with van der Waals surface area (Å²) in [5, 5.41) is 0. The second-order valence-corrected chi connectivity index (χ2v) is 2.14. The molecule has 0 aliphatic rings. The molecule has 0 N–H and O–H groups in total. The van der Waals surface area contributed by atoms with Crippen LogP contribution in [0.2, 0.25) is 0 Å². The molecule has 1 aromatic rings. The van der Waals surface area contributed by atoms with Crippen molar-refractivity contribution >= 4 is 0 Å². The lowest BCUT2D eigenvalue weighted by Gasteiger charge is -1.93. The van der Waals surface area contributed by atoms with Crippen molar-refractivity contribution in [1.29, 1.82) is 0 Å². The van der Waals surface area contributed by atoms with Crippen molar-refractivity contribution in [2.45, 2.75) is 13.3 Å². The third kappa shape index (κ3) is 2.38. The van der Waals surface area contributed by atoms with Crippen molar-refractivity contribution in [3.05, 3.63) is 30.7 Å². The lowest BCUT2D eigenvalue weighted by molar-refractivity contribution is 0.971. The summed E-state index contributed by atoms with van der Waals surface area (Å²) in [5.74, 6) is 6.13. The molecule has 2 nitrogen and oxygen atoms in total. The molecule has 0 aromatic carbocycles. The van der Waals surface area contributed by atoms with E-state index in [2.05, 4.69) is 28.7 Å². The second kappa shape index (κ2) is 3.72. The summed E-state index contributed by atoms with van der Waals surface area (Å²) in [7, 11) is 0. The molecule has 1 rings (SSSR count). The van der Waals surface area contributed by atoms with Crippen LogP contribution in [0.25, 0.3) is 0 Å². The van der Waals surface area contributed by atoms with Gasteiger partial charge >= 0.3 is 0 Å². The van der Waals surface area contributed by atoms with Gasteiger partial charge in [-0.1, -0.05) is 5.92 Å². The Morgan fingerprint density at radius 3 is 3.09 bits per heavy atom. The molecule has 0 bridgehead atoms. The van der Waals surface area contributed by atoms with E-state index in [1.54, 1.807) is 6.20 Å². The summed E-state index contributed by atoms with van der Waals surface area (Å²) in [6, 6.07) is 1.86. The van der Waals surface area contributed by atoms with Crippen molar-refractivity contribution in [1.82, 2.24) is 9.97 Å². The average molecular weight is 145 g/mol. The quantitative estimate of drug-likeness (QED) is 0.554. The average Bonchev–Trinajstić information content (AvgIpc) is 2.01. The smallest absolute Gasteiger partial charge is 0.140 e. The van der Waals surface area contributed by atoms with Crippen LogP contribution in [0.5, 0.6) is 0 Å². The van der Waals surface area contributed by atoms with E-state index in [-0.39, 0.29) is 0 Å². The molecule has 1 aromatic heterocycles. The minimum Gasteiger partial charge on any atom is -0.240 e. The summed E-state index contributed by atoms with van der Waals surface area (Å²) in [6.07, 6.45) is 2.33. The predicted molar refractivity (Wildman–Crippen MR) is 43.6 cm³/mol. The van der Waals surface area contributed by atoms with E-state index in [9.17, 15) is 0 Å². The minimum absolute atomic E-state index is 0.588. The van der Waals surface area contributed by atoms with E-state index in [1.807, 2.05) is 13.0 Å². The summed E-state index contributed by atoms with van der Waals surface area (Å²) in [4.78, 5) is 8.20. The Morgan fingerprint density at radius 2 is 2.45 bits per heavy atom. The van der Waals surface area contributed by atoms with Crippen LogP contribution in [0.4, 0.5) is 0 Å². The van der Waals surface area contributed by atoms with Crippen LogP contribution in [0.15, 0.2) is 12.3 Å². The van der Waals surface area contributed by atoms with Crippen LogP contribution in [0, 0.1) is 25.7 Å². The summed E-state index contributed by atoms with van der Waals surface area (Å²) in [6.45, 7) is 5.34. The Morgan fingerprint density at radius 1 is 1.64 bits per heavy atom. The fourth-order valence-corrected chi connectivity index (χ4v) is 0.728. The van der Waals surface area contributed by atoms with Gasteiger partial charge in [-0.15, -0.1) is 5.92 Å². The Labute approximate surface area is 66.7 Å². The maximum Gasteiger partial charge on any atom is 0.140 e. The summed E-state index contributed by atoms with van der Waals surface area (Å²) < 4.78 is 0. The monoisotopic (exact) mass is 145 g/mol. The zero-order valence-corrected chi connectivity index (χ0v) is 6.46. The third-order valence-electron chi connectivity index (χ3n) is 1.22. The molecule has 0 saturated heterocycles. The highest BCUT2D eigenvalue weighted by atomic mass is 14.9. The Balaban J connectivity index is 2.76. The van der Waals surface area contributed by atoms with Crippen LogP contribution >= 0.6 is 0 Å². The van der Waals surface area contributed by atoms with Gasteiger partial charge in [0.25, 0.3) is 0 Å². The van der Waals surface area contributed by atoms with Gasteiger partial charge in [-0.3, -0.25) is 0 Å². The molecule has 2 heteroatoms. The number of nitrogens with zero attached hydrogens (tertiary/aromatic N) is 2. The van der Waals surface area contributed by atoms with Crippen LogP contribution in [-0.4, -0.2) is 9.97 Å². The Bertz CT molecular complexity index is 294. The molecule has 0 saturated carbocycles. The highest BCUT2D eigenvalue weighted by Gasteiger charge is 1.91. The fraction of sp³-hybridized carbons (Fsp3) is 0.222. The molecule has 0 atom stereocenters. The molecule has 0 aliphatic heterocycles. The fourth-order valence-electron chi connectivity index (χ4n) is 0.728. The van der Waals surface area contributed by atoms with Gasteiger partial charge in [0.05, 0.1) is 6.42 Å². The van der Waals surface area contributed by atoms with Crippen molar-refractivity contribution in [3.8, 4) is 11.8 Å². The van der Waals surface area contributed by atoms with Crippen LogP contribution in [-0.2, 0) is 6.42 Å². The van der Waals surface area contributed by atoms with Gasteiger partial charge in [0.1, 0.15) is 5.82 Å². The van der Waals surface area contributed by atoms with Crippen LogP contribution in [0.1, 0.15) is 11.5 Å². The molecule has 0 unspecified atom stereocenters. The van der Waals surface area contributed by atoms with Gasteiger partial charge in [0.2, 0.25) is 0 Å². The molecular weight excluding hydrogens is 136 g/mol. The lowest BCUT2D eigenvalue weighted by atomic mass is 10.3. The zero-order chi connectivity index (χ0) is 8.10. The summed E-state index contributed by atoms with van der Waals surface area (Å²) >= 11 is 0. The highest BCUT2D eigenvalue weighted by molar-refractivity contribution is 5.10. The van der Waals surface area contributed by atoms with E-state index in [4.69, 9.17) is 0 Å². The predicted octanol–water partition coefficient (Wildman–Crippen LogP) is 1.17. The first kappa shape index (κ1) is 7.74. The van der Waals surface area contributed by atoms with E-state index >= 15 is 0 Å². The molecule has 0 aliphatic carbocycles. The molecule has 1 heterocycles. The van der Waals surface area contributed by atoms with E-state index in [1.165, 1.54) is 0 Å². The number of aryl methyl sites for hydroxylation is 1. The second-order valence-electron chi connectivity index (χ2n) is 2.14. The molecule has 0 fully saturated rings. The Kier molecular flexibility index (Phi) is 2.62. The lowest BCUT2D eigenvalue weighted by Crippen LogP contribution is -1.93. The molecule has 55 valence electrons. The largest absolute Gasteiger partial charge is 0.240 e. The van der Waals surface area contributed by atoms with E-state index in [0.29, 0.717) is 6.42 Å². The van der Waals surface area contributed by atoms with Crippen molar-refractivity contribution in [3.63, 3.8) is 0 Å². The van der Waals surface area contributed by atoms with Gasteiger partial charge < -0.3 is 0 Å². The zero-order valence-electron chi connectivity index (χ0n) is 6.46. The van der Waals surface area contributed by atoms with Gasteiger partial charge in [-0.05, 0) is 13.0 Å². The number of aromatic nitrogens is 2. The number of rotatable bonds is 1. The van der Waals surface area contributed by atoms with Crippen molar-refractivity contribution in [2.24, 2.45) is 0 Å². The third-order valence-corrected chi connectivity index (χ3v) is 1.22.